The molecule has 5 nitrogen and oxygen atoms in total. The number of aromatic nitrogens is 1. The lowest BCUT2D eigenvalue weighted by molar-refractivity contribution is -0.151. The van der Waals surface area contributed by atoms with E-state index in [-0.39, 0.29) is 22.7 Å². The monoisotopic (exact) mass is 451 g/mol. The Balaban J connectivity index is 1.11. The smallest absolute Gasteiger partial charge is 0.220 e. The molecule has 176 valence electrons. The molecule has 2 aromatic rings. The van der Waals surface area contributed by atoms with E-state index in [4.69, 9.17) is 0 Å². The first-order valence-corrected chi connectivity index (χ1v) is 12.5. The van der Waals surface area contributed by atoms with Gasteiger partial charge >= 0.3 is 0 Å². The van der Waals surface area contributed by atoms with E-state index in [2.05, 4.69) is 22.1 Å². The quantitative estimate of drug-likeness (QED) is 0.715. The van der Waals surface area contributed by atoms with Crippen LogP contribution in [0.25, 0.3) is 10.9 Å². The second-order valence-corrected chi connectivity index (χ2v) is 12.0. The predicted octanol–water partition coefficient (Wildman–Crippen LogP) is 4.57. The number of aliphatic hydroxyl groups is 1. The molecular weight excluding hydrogens is 417 g/mol. The summed E-state index contributed by atoms with van der Waals surface area (Å²) in [5, 5.41) is 15.3. The van der Waals surface area contributed by atoms with Gasteiger partial charge in [0.1, 0.15) is 5.82 Å². The Hall–Kier alpha value is -2.21. The van der Waals surface area contributed by atoms with Crippen LogP contribution in [-0.2, 0) is 4.79 Å². The van der Waals surface area contributed by atoms with E-state index < -0.39 is 5.60 Å². The van der Waals surface area contributed by atoms with Crippen molar-refractivity contribution in [2.24, 2.45) is 17.3 Å². The minimum atomic E-state index is -0.556. The number of benzene rings is 1. The van der Waals surface area contributed by atoms with Gasteiger partial charge in [0.25, 0.3) is 0 Å². The normalized spacial score (nSPS) is 34.6. The number of fused-ring (bicyclic) bond motifs is 1. The summed E-state index contributed by atoms with van der Waals surface area (Å²) in [5.74, 6) is 1.03. The van der Waals surface area contributed by atoms with Crippen LogP contribution in [-0.4, -0.2) is 40.2 Å². The summed E-state index contributed by atoms with van der Waals surface area (Å²) in [5.41, 5.74) is 1.03. The van der Waals surface area contributed by atoms with Gasteiger partial charge in [-0.25, -0.2) is 4.39 Å². The maximum absolute atomic E-state index is 13.9. The molecule has 1 aliphatic heterocycles. The second kappa shape index (κ2) is 7.39. The predicted molar refractivity (Wildman–Crippen MR) is 126 cm³/mol. The molecule has 33 heavy (non-hydrogen) atoms. The van der Waals surface area contributed by atoms with Crippen LogP contribution in [0.1, 0.15) is 64.7 Å². The van der Waals surface area contributed by atoms with Gasteiger partial charge in [0.15, 0.2) is 0 Å². The standard InChI is InChI=1S/C27H34FN3O2/c1-25(16-24(32)30-26-12-18-10-19(13-26)15-27(33,14-18)17-26)5-8-31(9-6-25)23-4-7-29-22-3-2-20(28)11-21(22)23/h2-4,7,11,18-19,33H,5-6,8-10,12-17H2,1H3,(H,30,32). The fraction of sp³-hybridized carbons (Fsp3) is 0.630. The Morgan fingerprint density at radius 2 is 1.91 bits per heavy atom. The number of anilines is 1. The van der Waals surface area contributed by atoms with Crippen molar-refractivity contribution in [3.63, 3.8) is 0 Å². The number of hydrogen-bond acceptors (Lipinski definition) is 4. The summed E-state index contributed by atoms with van der Waals surface area (Å²) >= 11 is 0. The number of halogens is 1. The molecule has 1 aromatic carbocycles. The average Bonchev–Trinajstić information content (AvgIpc) is 2.71. The summed E-state index contributed by atoms with van der Waals surface area (Å²) in [7, 11) is 0. The van der Waals surface area contributed by atoms with Crippen LogP contribution < -0.4 is 10.2 Å². The summed E-state index contributed by atoms with van der Waals surface area (Å²) in [4.78, 5) is 19.9. The summed E-state index contributed by atoms with van der Waals surface area (Å²) in [6, 6.07) is 6.72. The van der Waals surface area contributed by atoms with Gasteiger partial charge < -0.3 is 15.3 Å². The van der Waals surface area contributed by atoms with Crippen molar-refractivity contribution in [3.8, 4) is 0 Å². The zero-order chi connectivity index (χ0) is 22.8. The Morgan fingerprint density at radius 1 is 1.18 bits per heavy atom. The maximum Gasteiger partial charge on any atom is 0.220 e. The molecule has 4 saturated carbocycles. The first-order chi connectivity index (χ1) is 15.7. The highest BCUT2D eigenvalue weighted by Crippen LogP contribution is 2.57. The molecule has 6 heteroatoms. The van der Waals surface area contributed by atoms with Crippen LogP contribution >= 0.6 is 0 Å². The van der Waals surface area contributed by atoms with E-state index >= 15 is 0 Å². The van der Waals surface area contributed by atoms with Crippen molar-refractivity contribution < 1.29 is 14.3 Å². The highest BCUT2D eigenvalue weighted by atomic mass is 19.1. The number of amides is 1. The van der Waals surface area contributed by atoms with Gasteiger partial charge in [0, 0.05) is 42.3 Å². The first kappa shape index (κ1) is 21.3. The van der Waals surface area contributed by atoms with Crippen molar-refractivity contribution in [1.82, 2.24) is 10.3 Å². The molecule has 2 N–H and O–H groups in total. The van der Waals surface area contributed by atoms with Gasteiger partial charge in [0.2, 0.25) is 5.91 Å². The van der Waals surface area contributed by atoms with Gasteiger partial charge in [-0.1, -0.05) is 6.92 Å². The number of nitrogens with one attached hydrogen (secondary N) is 1. The van der Waals surface area contributed by atoms with Crippen LogP contribution in [0.4, 0.5) is 10.1 Å². The van der Waals surface area contributed by atoms with E-state index in [9.17, 15) is 14.3 Å². The highest BCUT2D eigenvalue weighted by Gasteiger charge is 2.57. The Labute approximate surface area is 194 Å². The largest absolute Gasteiger partial charge is 0.390 e. The van der Waals surface area contributed by atoms with E-state index in [0.29, 0.717) is 18.3 Å². The molecule has 2 unspecified atom stereocenters. The molecule has 0 spiro atoms. The van der Waals surface area contributed by atoms with Gasteiger partial charge in [-0.05, 0) is 92.9 Å². The molecule has 5 fully saturated rings. The SMILES string of the molecule is CC1(CC(=O)NC23CC4CC(CC(O)(C4)C2)C3)CCN(c2ccnc3ccc(F)cc23)CC1. The number of carbonyl (C=O) groups is 1. The number of carbonyl (C=O) groups excluding carboxylic acids is 1. The van der Waals surface area contributed by atoms with Crippen molar-refractivity contribution >= 4 is 22.5 Å². The third-order valence-electron chi connectivity index (χ3n) is 9.01. The first-order valence-electron chi connectivity index (χ1n) is 12.5. The van der Waals surface area contributed by atoms with Crippen LogP contribution in [0.5, 0.6) is 0 Å². The van der Waals surface area contributed by atoms with Crippen LogP contribution in [0, 0.1) is 23.1 Å². The Morgan fingerprint density at radius 3 is 2.61 bits per heavy atom. The fourth-order valence-electron chi connectivity index (χ4n) is 7.93. The van der Waals surface area contributed by atoms with Gasteiger partial charge in [-0.3, -0.25) is 9.78 Å². The third-order valence-corrected chi connectivity index (χ3v) is 9.01. The summed E-state index contributed by atoms with van der Waals surface area (Å²) in [6.07, 6.45) is 10.0. The van der Waals surface area contributed by atoms with Gasteiger partial charge in [-0.2, -0.15) is 0 Å². The topological polar surface area (TPSA) is 65.5 Å². The number of pyridine rings is 1. The zero-order valence-corrected chi connectivity index (χ0v) is 19.4. The molecule has 4 aliphatic carbocycles. The van der Waals surface area contributed by atoms with Gasteiger partial charge in [0.05, 0.1) is 11.1 Å². The molecule has 1 amide bonds. The Kier molecular flexibility index (Phi) is 4.78. The van der Waals surface area contributed by atoms with Gasteiger partial charge in [-0.15, -0.1) is 0 Å². The van der Waals surface area contributed by atoms with E-state index in [1.165, 1.54) is 12.5 Å². The molecule has 4 bridgehead atoms. The van der Waals surface area contributed by atoms with Crippen molar-refractivity contribution in [2.45, 2.75) is 75.9 Å². The Bertz CT molecular complexity index is 1080. The van der Waals surface area contributed by atoms with Crippen LogP contribution in [0.3, 0.4) is 0 Å². The molecule has 2 heterocycles. The second-order valence-electron chi connectivity index (χ2n) is 12.0. The summed E-state index contributed by atoms with van der Waals surface area (Å²) in [6.45, 7) is 3.91. The van der Waals surface area contributed by atoms with Crippen molar-refractivity contribution in [2.75, 3.05) is 18.0 Å². The molecule has 0 radical (unpaired) electrons. The number of rotatable bonds is 4. The zero-order valence-electron chi connectivity index (χ0n) is 19.4. The minimum Gasteiger partial charge on any atom is -0.390 e. The minimum absolute atomic E-state index is 0.0478. The molecule has 7 rings (SSSR count). The average molecular weight is 452 g/mol. The maximum atomic E-state index is 13.9. The van der Waals surface area contributed by atoms with E-state index in [1.807, 2.05) is 6.07 Å². The fourth-order valence-corrected chi connectivity index (χ4v) is 7.93. The molecule has 1 saturated heterocycles. The lowest BCUT2D eigenvalue weighted by atomic mass is 9.51. The summed E-state index contributed by atoms with van der Waals surface area (Å²) < 4.78 is 13.9. The van der Waals surface area contributed by atoms with Crippen LogP contribution in [0.15, 0.2) is 30.5 Å². The van der Waals surface area contributed by atoms with Crippen molar-refractivity contribution in [3.05, 3.63) is 36.3 Å². The molecule has 2 atom stereocenters. The molecule has 1 aromatic heterocycles. The number of nitrogens with zero attached hydrogens (tertiary/aromatic N) is 2. The third kappa shape index (κ3) is 3.90. The van der Waals surface area contributed by atoms with E-state index in [1.54, 1.807) is 18.3 Å². The lowest BCUT2D eigenvalue weighted by Gasteiger charge is -2.60. The van der Waals surface area contributed by atoms with Crippen molar-refractivity contribution in [1.29, 1.82) is 0 Å². The molecular formula is C27H34FN3O2. The number of piperidine rings is 1. The highest BCUT2D eigenvalue weighted by molar-refractivity contribution is 5.91. The lowest BCUT2D eigenvalue weighted by Crippen LogP contribution is -2.65. The molecule has 5 aliphatic rings. The number of hydrogen-bond donors (Lipinski definition) is 2. The van der Waals surface area contributed by atoms with E-state index in [0.717, 1.165) is 74.6 Å². The van der Waals surface area contributed by atoms with Crippen LogP contribution in [0.2, 0.25) is 0 Å².